The minimum absolute atomic E-state index is 0.0390. The molecule has 0 aliphatic rings. The standard InChI is InChI=1S/C23H28N2O2S/c1-22(2,3)15-10-14(11-16(12-15)23(4,5)6)20(26)25-21-24-18-13-17(27-7)8-9-19(18)28-21/h8-13H,1-7H3,(H,24,25,26). The first-order valence-corrected chi connectivity index (χ1v) is 10.2. The van der Waals surface area contributed by atoms with Gasteiger partial charge in [0.25, 0.3) is 5.91 Å². The Morgan fingerprint density at radius 2 is 1.57 bits per heavy atom. The third kappa shape index (κ3) is 4.36. The van der Waals surface area contributed by atoms with E-state index in [1.54, 1.807) is 7.11 Å². The fraction of sp³-hybridized carbons (Fsp3) is 0.391. The van der Waals surface area contributed by atoms with Gasteiger partial charge in [0, 0.05) is 11.6 Å². The summed E-state index contributed by atoms with van der Waals surface area (Å²) in [5.74, 6) is 0.617. The Balaban J connectivity index is 1.95. The van der Waals surface area contributed by atoms with Crippen molar-refractivity contribution in [2.75, 3.05) is 12.4 Å². The lowest BCUT2D eigenvalue weighted by Crippen LogP contribution is -2.20. The Bertz CT molecular complexity index is 991. The molecule has 1 N–H and O–H groups in total. The van der Waals surface area contributed by atoms with E-state index in [1.807, 2.05) is 30.3 Å². The first kappa shape index (κ1) is 20.3. The number of methoxy groups -OCH3 is 1. The number of amides is 1. The number of nitrogens with one attached hydrogen (secondary N) is 1. The van der Waals surface area contributed by atoms with E-state index in [4.69, 9.17) is 4.74 Å². The molecule has 0 fully saturated rings. The van der Waals surface area contributed by atoms with Gasteiger partial charge in [0.1, 0.15) is 5.75 Å². The third-order valence-corrected chi connectivity index (χ3v) is 5.69. The van der Waals surface area contributed by atoms with Gasteiger partial charge in [0.2, 0.25) is 0 Å². The molecule has 0 saturated carbocycles. The van der Waals surface area contributed by atoms with Gasteiger partial charge in [-0.15, -0.1) is 0 Å². The van der Waals surface area contributed by atoms with E-state index in [2.05, 4.69) is 57.9 Å². The molecule has 0 aliphatic carbocycles. The molecule has 0 bridgehead atoms. The molecule has 28 heavy (non-hydrogen) atoms. The molecular weight excluding hydrogens is 368 g/mol. The highest BCUT2D eigenvalue weighted by Crippen LogP contribution is 2.32. The molecular formula is C23H28N2O2S. The maximum absolute atomic E-state index is 13.0. The molecule has 2 aromatic carbocycles. The number of aromatic nitrogens is 1. The molecule has 5 heteroatoms. The van der Waals surface area contributed by atoms with E-state index < -0.39 is 0 Å². The minimum atomic E-state index is -0.136. The Hall–Kier alpha value is -2.40. The molecule has 0 saturated heterocycles. The van der Waals surface area contributed by atoms with Crippen LogP contribution in [-0.4, -0.2) is 18.0 Å². The minimum Gasteiger partial charge on any atom is -0.497 e. The SMILES string of the molecule is COc1ccc2sc(NC(=O)c3cc(C(C)(C)C)cc(C(C)(C)C)c3)nc2c1. The summed E-state index contributed by atoms with van der Waals surface area (Å²) in [6.45, 7) is 13.0. The summed E-state index contributed by atoms with van der Waals surface area (Å²) < 4.78 is 6.26. The van der Waals surface area contributed by atoms with Crippen LogP contribution in [0, 0.1) is 0 Å². The van der Waals surface area contributed by atoms with Crippen molar-refractivity contribution in [3.63, 3.8) is 0 Å². The van der Waals surface area contributed by atoms with Crippen LogP contribution < -0.4 is 10.1 Å². The maximum Gasteiger partial charge on any atom is 0.257 e. The van der Waals surface area contributed by atoms with E-state index in [-0.39, 0.29) is 16.7 Å². The summed E-state index contributed by atoms with van der Waals surface area (Å²) in [6.07, 6.45) is 0. The second kappa shape index (κ2) is 7.21. The van der Waals surface area contributed by atoms with Gasteiger partial charge in [-0.25, -0.2) is 4.98 Å². The molecule has 0 spiro atoms. The van der Waals surface area contributed by atoms with Crippen LogP contribution in [0.2, 0.25) is 0 Å². The van der Waals surface area contributed by atoms with Crippen LogP contribution in [-0.2, 0) is 10.8 Å². The van der Waals surface area contributed by atoms with Crippen molar-refractivity contribution in [3.05, 3.63) is 53.1 Å². The summed E-state index contributed by atoms with van der Waals surface area (Å²) in [6, 6.07) is 11.9. The largest absolute Gasteiger partial charge is 0.497 e. The fourth-order valence-corrected chi connectivity index (χ4v) is 3.72. The maximum atomic E-state index is 13.0. The smallest absolute Gasteiger partial charge is 0.257 e. The summed E-state index contributed by atoms with van der Waals surface area (Å²) in [7, 11) is 1.63. The van der Waals surface area contributed by atoms with E-state index in [0.717, 1.165) is 27.1 Å². The molecule has 1 aromatic heterocycles. The number of carbonyl (C=O) groups is 1. The number of benzene rings is 2. The van der Waals surface area contributed by atoms with Crippen LogP contribution in [0.25, 0.3) is 10.2 Å². The van der Waals surface area contributed by atoms with Crippen LogP contribution >= 0.6 is 11.3 Å². The summed E-state index contributed by atoms with van der Waals surface area (Å²) in [4.78, 5) is 17.5. The van der Waals surface area contributed by atoms with Crippen LogP contribution in [0.4, 0.5) is 5.13 Å². The second-order valence-electron chi connectivity index (χ2n) is 9.11. The number of hydrogen-bond donors (Lipinski definition) is 1. The lowest BCUT2D eigenvalue weighted by Gasteiger charge is -2.26. The zero-order chi connectivity index (χ0) is 20.7. The van der Waals surface area contributed by atoms with Gasteiger partial charge in [-0.2, -0.15) is 0 Å². The molecule has 0 radical (unpaired) electrons. The summed E-state index contributed by atoms with van der Waals surface area (Å²) in [5, 5.41) is 3.56. The quantitative estimate of drug-likeness (QED) is 0.577. The molecule has 1 heterocycles. The van der Waals surface area contributed by atoms with Gasteiger partial charge in [0.15, 0.2) is 5.13 Å². The highest BCUT2D eigenvalue weighted by Gasteiger charge is 2.22. The van der Waals surface area contributed by atoms with Crippen LogP contribution in [0.1, 0.15) is 63.0 Å². The van der Waals surface area contributed by atoms with Crippen molar-refractivity contribution >= 4 is 32.6 Å². The van der Waals surface area contributed by atoms with E-state index >= 15 is 0 Å². The number of hydrogen-bond acceptors (Lipinski definition) is 4. The van der Waals surface area contributed by atoms with Crippen molar-refractivity contribution < 1.29 is 9.53 Å². The van der Waals surface area contributed by atoms with Gasteiger partial charge < -0.3 is 4.74 Å². The normalized spacial score (nSPS) is 12.2. The number of thiazole rings is 1. The number of ether oxygens (including phenoxy) is 1. The van der Waals surface area contributed by atoms with Gasteiger partial charge >= 0.3 is 0 Å². The van der Waals surface area contributed by atoms with Gasteiger partial charge in [-0.05, 0) is 46.2 Å². The number of fused-ring (bicyclic) bond motifs is 1. The zero-order valence-corrected chi connectivity index (χ0v) is 18.5. The first-order valence-electron chi connectivity index (χ1n) is 9.39. The average Bonchev–Trinajstić information content (AvgIpc) is 3.00. The van der Waals surface area contributed by atoms with Crippen molar-refractivity contribution in [1.82, 2.24) is 4.98 Å². The van der Waals surface area contributed by atoms with Gasteiger partial charge in [-0.1, -0.05) is 58.9 Å². The summed E-state index contributed by atoms with van der Waals surface area (Å²) >= 11 is 1.46. The predicted molar refractivity (Wildman–Crippen MR) is 118 cm³/mol. The molecule has 0 unspecified atom stereocenters. The topological polar surface area (TPSA) is 51.2 Å². The zero-order valence-electron chi connectivity index (χ0n) is 17.6. The third-order valence-electron chi connectivity index (χ3n) is 4.74. The van der Waals surface area contributed by atoms with Crippen LogP contribution in [0.3, 0.4) is 0 Å². The van der Waals surface area contributed by atoms with Crippen molar-refractivity contribution in [1.29, 1.82) is 0 Å². The number of carbonyl (C=O) groups excluding carboxylic acids is 1. The molecule has 3 aromatic rings. The first-order chi connectivity index (χ1) is 13.0. The predicted octanol–water partition coefficient (Wildman–Crippen LogP) is 6.15. The van der Waals surface area contributed by atoms with Crippen molar-refractivity contribution in [2.24, 2.45) is 0 Å². The van der Waals surface area contributed by atoms with E-state index in [1.165, 1.54) is 11.3 Å². The highest BCUT2D eigenvalue weighted by atomic mass is 32.1. The molecule has 3 rings (SSSR count). The fourth-order valence-electron chi connectivity index (χ4n) is 2.88. The number of nitrogens with zero attached hydrogens (tertiary/aromatic N) is 1. The highest BCUT2D eigenvalue weighted by molar-refractivity contribution is 7.22. The Kier molecular flexibility index (Phi) is 5.24. The second-order valence-corrected chi connectivity index (χ2v) is 10.1. The number of anilines is 1. The Morgan fingerprint density at radius 1 is 0.964 bits per heavy atom. The van der Waals surface area contributed by atoms with E-state index in [0.29, 0.717) is 10.7 Å². The van der Waals surface area contributed by atoms with Crippen molar-refractivity contribution in [2.45, 2.75) is 52.4 Å². The Morgan fingerprint density at radius 3 is 2.11 bits per heavy atom. The summed E-state index contributed by atoms with van der Waals surface area (Å²) in [5.41, 5.74) is 3.71. The Labute approximate surface area is 171 Å². The molecule has 4 nitrogen and oxygen atoms in total. The number of rotatable bonds is 3. The average molecular weight is 397 g/mol. The molecule has 0 aliphatic heterocycles. The van der Waals surface area contributed by atoms with Crippen molar-refractivity contribution in [3.8, 4) is 5.75 Å². The lowest BCUT2D eigenvalue weighted by molar-refractivity contribution is 0.102. The van der Waals surface area contributed by atoms with Crippen LogP contribution in [0.15, 0.2) is 36.4 Å². The lowest BCUT2D eigenvalue weighted by atomic mass is 9.79. The molecule has 148 valence electrons. The molecule has 1 amide bonds. The van der Waals surface area contributed by atoms with Gasteiger partial charge in [-0.3, -0.25) is 10.1 Å². The van der Waals surface area contributed by atoms with E-state index in [9.17, 15) is 4.79 Å². The van der Waals surface area contributed by atoms with Crippen LogP contribution in [0.5, 0.6) is 5.75 Å². The molecule has 0 atom stereocenters. The van der Waals surface area contributed by atoms with Gasteiger partial charge in [0.05, 0.1) is 17.3 Å². The monoisotopic (exact) mass is 396 g/mol.